The van der Waals surface area contributed by atoms with Gasteiger partial charge in [-0.15, -0.1) is 11.3 Å². The Labute approximate surface area is 179 Å². The molecule has 2 amide bonds. The van der Waals surface area contributed by atoms with Gasteiger partial charge in [-0.1, -0.05) is 6.92 Å². The molecular formula is C21H26N6O2S. The molecule has 3 aromatic rings. The van der Waals surface area contributed by atoms with E-state index in [2.05, 4.69) is 37.6 Å². The van der Waals surface area contributed by atoms with Crippen molar-refractivity contribution in [2.45, 2.75) is 13.8 Å². The summed E-state index contributed by atoms with van der Waals surface area (Å²) in [5.41, 5.74) is 1.70. The summed E-state index contributed by atoms with van der Waals surface area (Å²) in [7, 11) is 0. The highest BCUT2D eigenvalue weighted by Gasteiger charge is 2.18. The second-order valence-corrected chi connectivity index (χ2v) is 8.26. The molecule has 2 aromatic heterocycles. The molecule has 0 spiro atoms. The van der Waals surface area contributed by atoms with Gasteiger partial charge in [0.15, 0.2) is 5.82 Å². The van der Waals surface area contributed by atoms with Crippen LogP contribution in [0.25, 0.3) is 10.2 Å². The first-order valence-electron chi connectivity index (χ1n) is 10.2. The molecule has 9 heteroatoms. The van der Waals surface area contributed by atoms with E-state index in [0.29, 0.717) is 22.8 Å². The van der Waals surface area contributed by atoms with Crippen LogP contribution in [0.3, 0.4) is 0 Å². The van der Waals surface area contributed by atoms with Gasteiger partial charge in [-0.2, -0.15) is 5.10 Å². The number of rotatable bonds is 6. The van der Waals surface area contributed by atoms with E-state index >= 15 is 0 Å². The predicted octanol–water partition coefficient (Wildman–Crippen LogP) is 2.77. The van der Waals surface area contributed by atoms with Crippen molar-refractivity contribution in [3.05, 3.63) is 40.8 Å². The number of H-pyrrole nitrogens is 1. The molecule has 3 N–H and O–H groups in total. The molecule has 30 heavy (non-hydrogen) atoms. The number of benzene rings is 1. The highest BCUT2D eigenvalue weighted by atomic mass is 32.1. The number of aromatic amines is 1. The lowest BCUT2D eigenvalue weighted by Gasteiger charge is -2.35. The summed E-state index contributed by atoms with van der Waals surface area (Å²) < 4.78 is 0. The van der Waals surface area contributed by atoms with Crippen molar-refractivity contribution in [3.8, 4) is 0 Å². The molecule has 1 fully saturated rings. The van der Waals surface area contributed by atoms with Crippen molar-refractivity contribution in [2.24, 2.45) is 0 Å². The van der Waals surface area contributed by atoms with Gasteiger partial charge < -0.3 is 20.4 Å². The molecule has 0 aliphatic carbocycles. The maximum absolute atomic E-state index is 12.7. The van der Waals surface area contributed by atoms with E-state index in [1.165, 1.54) is 11.3 Å². The van der Waals surface area contributed by atoms with Crippen LogP contribution in [0.4, 0.5) is 11.5 Å². The zero-order valence-electron chi connectivity index (χ0n) is 17.2. The van der Waals surface area contributed by atoms with Gasteiger partial charge in [-0.3, -0.25) is 14.7 Å². The largest absolute Gasteiger partial charge is 0.369 e. The second kappa shape index (κ2) is 8.85. The van der Waals surface area contributed by atoms with E-state index in [9.17, 15) is 9.59 Å². The smallest absolute Gasteiger partial charge is 0.261 e. The third-order valence-corrected chi connectivity index (χ3v) is 6.40. The minimum atomic E-state index is -0.225. The van der Waals surface area contributed by atoms with Gasteiger partial charge >= 0.3 is 0 Å². The van der Waals surface area contributed by atoms with Crippen LogP contribution in [-0.2, 0) is 0 Å². The van der Waals surface area contributed by atoms with E-state index in [-0.39, 0.29) is 11.8 Å². The number of aromatic nitrogens is 2. The number of nitrogens with zero attached hydrogens (tertiary/aromatic N) is 3. The van der Waals surface area contributed by atoms with Crippen LogP contribution in [0.1, 0.15) is 33.9 Å². The molecule has 0 saturated carbocycles. The third kappa shape index (κ3) is 4.17. The topological polar surface area (TPSA) is 93.4 Å². The number of carbonyl (C=O) groups excluding carboxylic acids is 2. The first kappa shape index (κ1) is 20.4. The summed E-state index contributed by atoms with van der Waals surface area (Å²) >= 11 is 1.32. The van der Waals surface area contributed by atoms with Crippen LogP contribution in [0.5, 0.6) is 0 Å². The quantitative estimate of drug-likeness (QED) is 0.564. The summed E-state index contributed by atoms with van der Waals surface area (Å²) in [6.45, 7) is 9.83. The molecular weight excluding hydrogens is 400 g/mol. The molecule has 158 valence electrons. The molecule has 4 rings (SSSR count). The SMILES string of the molecule is CCNC(=O)c1cc2c(NC(=O)c3ccc(N4CCN(CC)CC4)cc3)n[nH]c2s1. The molecule has 1 saturated heterocycles. The van der Waals surface area contributed by atoms with Crippen LogP contribution in [0.15, 0.2) is 30.3 Å². The van der Waals surface area contributed by atoms with Gasteiger partial charge in [0.25, 0.3) is 11.8 Å². The Bertz CT molecular complexity index is 1030. The van der Waals surface area contributed by atoms with Crippen LogP contribution in [0.2, 0.25) is 0 Å². The van der Waals surface area contributed by atoms with E-state index in [0.717, 1.165) is 48.6 Å². The van der Waals surface area contributed by atoms with Crippen molar-refractivity contribution in [3.63, 3.8) is 0 Å². The lowest BCUT2D eigenvalue weighted by molar-refractivity contribution is 0.0959. The number of fused-ring (bicyclic) bond motifs is 1. The van der Waals surface area contributed by atoms with Gasteiger partial charge in [-0.25, -0.2) is 0 Å². The van der Waals surface area contributed by atoms with Gasteiger partial charge in [-0.05, 0) is 43.8 Å². The van der Waals surface area contributed by atoms with Crippen LogP contribution < -0.4 is 15.5 Å². The minimum absolute atomic E-state index is 0.125. The highest BCUT2D eigenvalue weighted by Crippen LogP contribution is 2.29. The summed E-state index contributed by atoms with van der Waals surface area (Å²) in [6.07, 6.45) is 0. The standard InChI is InChI=1S/C21H26N6O2S/c1-3-22-20(29)17-13-16-18(24-25-21(16)30-17)23-19(28)14-5-7-15(8-6-14)27-11-9-26(4-2)10-12-27/h5-8,13H,3-4,9-12H2,1-2H3,(H,22,29)(H2,23,24,25,28). The summed E-state index contributed by atoms with van der Waals surface area (Å²) in [5, 5.41) is 13.4. The zero-order chi connectivity index (χ0) is 21.1. The van der Waals surface area contributed by atoms with E-state index in [1.54, 1.807) is 6.07 Å². The highest BCUT2D eigenvalue weighted by molar-refractivity contribution is 7.20. The maximum Gasteiger partial charge on any atom is 0.261 e. The number of hydrogen-bond donors (Lipinski definition) is 3. The number of amides is 2. The Morgan fingerprint density at radius 2 is 1.83 bits per heavy atom. The molecule has 1 aromatic carbocycles. The van der Waals surface area contributed by atoms with Crippen molar-refractivity contribution < 1.29 is 9.59 Å². The Balaban J connectivity index is 1.43. The molecule has 0 radical (unpaired) electrons. The predicted molar refractivity (Wildman–Crippen MR) is 121 cm³/mol. The Kier molecular flexibility index (Phi) is 6.01. The maximum atomic E-state index is 12.7. The summed E-state index contributed by atoms with van der Waals surface area (Å²) in [5.74, 6) is 0.0813. The van der Waals surface area contributed by atoms with Gasteiger partial charge in [0.2, 0.25) is 0 Å². The number of likely N-dealkylation sites (N-methyl/N-ethyl adjacent to an activating group) is 1. The van der Waals surface area contributed by atoms with Gasteiger partial charge in [0.1, 0.15) is 4.83 Å². The number of nitrogens with one attached hydrogen (secondary N) is 3. The molecule has 1 aliphatic heterocycles. The first-order chi connectivity index (χ1) is 14.6. The molecule has 0 bridgehead atoms. The van der Waals surface area contributed by atoms with E-state index in [4.69, 9.17) is 0 Å². The lowest BCUT2D eigenvalue weighted by atomic mass is 10.1. The van der Waals surface area contributed by atoms with Crippen molar-refractivity contribution >= 4 is 44.9 Å². The molecule has 0 unspecified atom stereocenters. The van der Waals surface area contributed by atoms with Gasteiger partial charge in [0, 0.05) is 44.0 Å². The zero-order valence-corrected chi connectivity index (χ0v) is 18.0. The van der Waals surface area contributed by atoms with Crippen molar-refractivity contribution in [1.82, 2.24) is 20.4 Å². The monoisotopic (exact) mass is 426 g/mol. The van der Waals surface area contributed by atoms with Crippen molar-refractivity contribution in [2.75, 3.05) is 49.5 Å². The van der Waals surface area contributed by atoms with Crippen LogP contribution in [0, 0.1) is 0 Å². The number of carbonyl (C=O) groups is 2. The van der Waals surface area contributed by atoms with Crippen LogP contribution >= 0.6 is 11.3 Å². The number of thiophene rings is 1. The minimum Gasteiger partial charge on any atom is -0.369 e. The van der Waals surface area contributed by atoms with Gasteiger partial charge in [0.05, 0.1) is 10.3 Å². The van der Waals surface area contributed by atoms with Crippen molar-refractivity contribution in [1.29, 1.82) is 0 Å². The number of piperazine rings is 1. The summed E-state index contributed by atoms with van der Waals surface area (Å²) in [4.78, 5) is 30.9. The third-order valence-electron chi connectivity index (χ3n) is 5.36. The van der Waals surface area contributed by atoms with E-state index < -0.39 is 0 Å². The first-order valence-corrected chi connectivity index (χ1v) is 11.1. The van der Waals surface area contributed by atoms with Crippen LogP contribution in [-0.4, -0.2) is 66.2 Å². The molecule has 3 heterocycles. The Morgan fingerprint density at radius 1 is 1.10 bits per heavy atom. The fourth-order valence-corrected chi connectivity index (χ4v) is 4.52. The van der Waals surface area contributed by atoms with E-state index in [1.807, 2.05) is 31.2 Å². The summed E-state index contributed by atoms with van der Waals surface area (Å²) in [6, 6.07) is 9.43. The molecule has 1 aliphatic rings. The normalized spacial score (nSPS) is 14.8. The lowest BCUT2D eigenvalue weighted by Crippen LogP contribution is -2.46. The number of hydrogen-bond acceptors (Lipinski definition) is 6. The fraction of sp³-hybridized carbons (Fsp3) is 0.381. The molecule has 0 atom stereocenters. The number of anilines is 2. The Hall–Kier alpha value is -2.91. The fourth-order valence-electron chi connectivity index (χ4n) is 3.60. The Morgan fingerprint density at radius 3 is 2.50 bits per heavy atom. The second-order valence-electron chi connectivity index (χ2n) is 7.21. The average molecular weight is 427 g/mol. The molecule has 8 nitrogen and oxygen atoms in total. The average Bonchev–Trinajstić information content (AvgIpc) is 3.36.